The molecule has 6 heteroatoms. The lowest BCUT2D eigenvalue weighted by atomic mass is 10.1. The standard InChI is InChI=1S/C16H15ClINO2S/c1-11-2-5-15(6-3-11)22(20,21)19-14(10-18)9-12-8-13(17)4-7-16(12)19/h2-8,14H,9-10H2,1H3/t14-/m1/s1. The second kappa shape index (κ2) is 6.02. The van der Waals surface area contributed by atoms with E-state index in [1.165, 1.54) is 0 Å². The van der Waals surface area contributed by atoms with Crippen LogP contribution in [0.5, 0.6) is 0 Å². The van der Waals surface area contributed by atoms with Crippen LogP contribution in [-0.4, -0.2) is 18.9 Å². The molecule has 2 aromatic rings. The van der Waals surface area contributed by atoms with Crippen LogP contribution in [0.15, 0.2) is 47.4 Å². The van der Waals surface area contributed by atoms with Crippen molar-refractivity contribution in [3.05, 3.63) is 58.6 Å². The summed E-state index contributed by atoms with van der Waals surface area (Å²) in [5.74, 6) is 0. The van der Waals surface area contributed by atoms with E-state index in [9.17, 15) is 8.42 Å². The maximum Gasteiger partial charge on any atom is 0.264 e. The summed E-state index contributed by atoms with van der Waals surface area (Å²) in [5.41, 5.74) is 2.77. The second-order valence-electron chi connectivity index (χ2n) is 5.40. The number of hydrogen-bond donors (Lipinski definition) is 0. The molecule has 1 atom stereocenters. The van der Waals surface area contributed by atoms with Gasteiger partial charge in [-0.25, -0.2) is 8.42 Å². The number of alkyl halides is 1. The minimum Gasteiger partial charge on any atom is -0.262 e. The zero-order valence-electron chi connectivity index (χ0n) is 12.0. The van der Waals surface area contributed by atoms with Crippen LogP contribution in [0.3, 0.4) is 0 Å². The summed E-state index contributed by atoms with van der Waals surface area (Å²) in [6.45, 7) is 1.94. The summed E-state index contributed by atoms with van der Waals surface area (Å²) in [5, 5.41) is 0.639. The molecule has 0 spiro atoms. The fourth-order valence-corrected chi connectivity index (χ4v) is 5.59. The Morgan fingerprint density at radius 2 is 1.91 bits per heavy atom. The third-order valence-electron chi connectivity index (χ3n) is 3.82. The Balaban J connectivity index is 2.11. The van der Waals surface area contributed by atoms with Crippen LogP contribution >= 0.6 is 34.2 Å². The van der Waals surface area contributed by atoms with Gasteiger partial charge in [-0.15, -0.1) is 0 Å². The number of fused-ring (bicyclic) bond motifs is 1. The fraction of sp³-hybridized carbons (Fsp3) is 0.250. The molecule has 2 aromatic carbocycles. The quantitative estimate of drug-likeness (QED) is 0.522. The van der Waals surface area contributed by atoms with E-state index < -0.39 is 10.0 Å². The number of nitrogens with zero attached hydrogens (tertiary/aromatic N) is 1. The molecule has 1 aliphatic heterocycles. The molecule has 1 aliphatic rings. The highest BCUT2D eigenvalue weighted by Gasteiger charge is 2.37. The molecule has 0 amide bonds. The third-order valence-corrected chi connectivity index (χ3v) is 6.95. The number of aryl methyl sites for hydroxylation is 1. The molecule has 0 saturated heterocycles. The lowest BCUT2D eigenvalue weighted by Crippen LogP contribution is -2.38. The number of benzene rings is 2. The van der Waals surface area contributed by atoms with Gasteiger partial charge in [-0.2, -0.15) is 0 Å². The molecular formula is C16H15ClINO2S. The number of halogens is 2. The molecule has 0 fully saturated rings. The summed E-state index contributed by atoms with van der Waals surface area (Å²) in [4.78, 5) is 0.329. The zero-order valence-corrected chi connectivity index (χ0v) is 15.7. The van der Waals surface area contributed by atoms with E-state index in [4.69, 9.17) is 11.6 Å². The summed E-state index contributed by atoms with van der Waals surface area (Å²) in [7, 11) is -3.56. The normalized spacial score (nSPS) is 17.6. The van der Waals surface area contributed by atoms with Crippen molar-refractivity contribution in [3.8, 4) is 0 Å². The largest absolute Gasteiger partial charge is 0.264 e. The van der Waals surface area contributed by atoms with E-state index >= 15 is 0 Å². The van der Waals surface area contributed by atoms with Crippen molar-refractivity contribution in [1.82, 2.24) is 0 Å². The first-order valence-corrected chi connectivity index (χ1v) is 10.2. The van der Waals surface area contributed by atoms with Gasteiger partial charge >= 0.3 is 0 Å². The molecular weight excluding hydrogens is 433 g/mol. The van der Waals surface area contributed by atoms with Crippen LogP contribution in [0, 0.1) is 6.92 Å². The monoisotopic (exact) mass is 447 g/mol. The molecule has 0 aromatic heterocycles. The summed E-state index contributed by atoms with van der Waals surface area (Å²) >= 11 is 8.28. The van der Waals surface area contributed by atoms with Gasteiger partial charge in [0.25, 0.3) is 10.0 Å². The van der Waals surface area contributed by atoms with Crippen LogP contribution in [0.4, 0.5) is 5.69 Å². The Morgan fingerprint density at radius 3 is 2.55 bits per heavy atom. The van der Waals surface area contributed by atoms with Crippen molar-refractivity contribution >= 4 is 49.9 Å². The van der Waals surface area contributed by atoms with Gasteiger partial charge in [0.05, 0.1) is 16.6 Å². The molecule has 3 rings (SSSR count). The number of sulfonamides is 1. The number of anilines is 1. The van der Waals surface area contributed by atoms with Crippen LogP contribution in [-0.2, 0) is 16.4 Å². The molecule has 116 valence electrons. The molecule has 0 radical (unpaired) electrons. The van der Waals surface area contributed by atoms with Gasteiger partial charge in [-0.1, -0.05) is 51.9 Å². The van der Waals surface area contributed by atoms with Gasteiger partial charge in [-0.05, 0) is 49.2 Å². The third kappa shape index (κ3) is 2.74. The minimum atomic E-state index is -3.56. The van der Waals surface area contributed by atoms with Crippen molar-refractivity contribution in [3.63, 3.8) is 0 Å². The highest BCUT2D eigenvalue weighted by atomic mass is 127. The van der Waals surface area contributed by atoms with E-state index in [0.29, 0.717) is 16.3 Å². The summed E-state index contributed by atoms with van der Waals surface area (Å²) in [6.07, 6.45) is 0.698. The van der Waals surface area contributed by atoms with Crippen molar-refractivity contribution in [2.24, 2.45) is 0 Å². The fourth-order valence-electron chi connectivity index (χ4n) is 2.73. The predicted molar refractivity (Wildman–Crippen MR) is 98.7 cm³/mol. The SMILES string of the molecule is Cc1ccc(S(=O)(=O)N2c3ccc(Cl)cc3C[C@@H]2CI)cc1. The summed E-state index contributed by atoms with van der Waals surface area (Å²) in [6, 6.07) is 12.3. The number of hydrogen-bond acceptors (Lipinski definition) is 2. The van der Waals surface area contributed by atoms with Gasteiger partial charge < -0.3 is 0 Å². The van der Waals surface area contributed by atoms with Crippen molar-refractivity contribution in [1.29, 1.82) is 0 Å². The molecule has 22 heavy (non-hydrogen) atoms. The molecule has 0 N–H and O–H groups in total. The topological polar surface area (TPSA) is 37.4 Å². The summed E-state index contributed by atoms with van der Waals surface area (Å²) < 4.78 is 28.4. The second-order valence-corrected chi connectivity index (χ2v) is 8.53. The molecule has 3 nitrogen and oxygen atoms in total. The van der Waals surface area contributed by atoms with Crippen molar-refractivity contribution in [2.75, 3.05) is 8.73 Å². The van der Waals surface area contributed by atoms with Gasteiger partial charge in [-0.3, -0.25) is 4.31 Å². The van der Waals surface area contributed by atoms with E-state index in [1.54, 1.807) is 28.6 Å². The zero-order chi connectivity index (χ0) is 15.9. The van der Waals surface area contributed by atoms with Crippen molar-refractivity contribution in [2.45, 2.75) is 24.3 Å². The van der Waals surface area contributed by atoms with Crippen LogP contribution in [0.2, 0.25) is 5.02 Å². The van der Waals surface area contributed by atoms with E-state index in [0.717, 1.165) is 21.2 Å². The maximum absolute atomic E-state index is 13.1. The van der Waals surface area contributed by atoms with Crippen LogP contribution in [0.1, 0.15) is 11.1 Å². The van der Waals surface area contributed by atoms with E-state index in [2.05, 4.69) is 22.6 Å². The van der Waals surface area contributed by atoms with Gasteiger partial charge in [0.1, 0.15) is 0 Å². The van der Waals surface area contributed by atoms with Gasteiger partial charge in [0.2, 0.25) is 0 Å². The van der Waals surface area contributed by atoms with E-state index in [1.807, 2.05) is 25.1 Å². The van der Waals surface area contributed by atoms with Gasteiger partial charge in [0, 0.05) is 9.45 Å². The van der Waals surface area contributed by atoms with Crippen LogP contribution in [0.25, 0.3) is 0 Å². The Morgan fingerprint density at radius 1 is 1.23 bits per heavy atom. The smallest absolute Gasteiger partial charge is 0.262 e. The lowest BCUT2D eigenvalue weighted by molar-refractivity contribution is 0.585. The number of rotatable bonds is 3. The van der Waals surface area contributed by atoms with Crippen LogP contribution < -0.4 is 4.31 Å². The molecule has 0 aliphatic carbocycles. The van der Waals surface area contributed by atoms with Gasteiger partial charge in [0.15, 0.2) is 0 Å². The van der Waals surface area contributed by atoms with E-state index in [-0.39, 0.29) is 6.04 Å². The highest BCUT2D eigenvalue weighted by Crippen LogP contribution is 2.38. The van der Waals surface area contributed by atoms with Crippen molar-refractivity contribution < 1.29 is 8.42 Å². The average Bonchev–Trinajstić information content (AvgIpc) is 2.85. The Bertz CT molecular complexity index is 805. The molecule has 0 bridgehead atoms. The highest BCUT2D eigenvalue weighted by molar-refractivity contribution is 14.1. The molecule has 0 unspecified atom stereocenters. The Kier molecular flexibility index (Phi) is 4.40. The Labute approximate surface area is 149 Å². The first-order valence-electron chi connectivity index (χ1n) is 6.89. The average molecular weight is 448 g/mol. The minimum absolute atomic E-state index is 0.0691. The first-order chi connectivity index (χ1) is 10.4. The Hall–Kier alpha value is -0.790. The first kappa shape index (κ1) is 16.1. The molecule has 0 saturated carbocycles. The molecule has 1 heterocycles. The lowest BCUT2D eigenvalue weighted by Gasteiger charge is -2.25. The predicted octanol–water partition coefficient (Wildman–Crippen LogP) is 4.20. The maximum atomic E-state index is 13.1.